The summed E-state index contributed by atoms with van der Waals surface area (Å²) in [6.07, 6.45) is 3.82. The molecule has 0 aliphatic carbocycles. The van der Waals surface area contributed by atoms with E-state index in [4.69, 9.17) is 4.74 Å². The van der Waals surface area contributed by atoms with Crippen molar-refractivity contribution in [3.8, 4) is 5.75 Å². The van der Waals surface area contributed by atoms with Gasteiger partial charge in [0.2, 0.25) is 0 Å². The van der Waals surface area contributed by atoms with Crippen molar-refractivity contribution >= 4 is 5.91 Å². The standard InChI is InChI=1S/C19H21N3O3/c1-13-7-21-16(8-20-13)18(24)22-9-15-10-25-17-5-3-2-4-14(17)6-19(15,11-22)12-23/h2-5,7-8,15,23H,6,9-12H2,1H3. The molecule has 1 aromatic heterocycles. The average Bonchev–Trinajstić information content (AvgIpc) is 2.92. The Labute approximate surface area is 146 Å². The minimum absolute atomic E-state index is 0.0265. The summed E-state index contributed by atoms with van der Waals surface area (Å²) in [6, 6.07) is 7.93. The first kappa shape index (κ1) is 16.0. The lowest BCUT2D eigenvalue weighted by atomic mass is 9.75. The van der Waals surface area contributed by atoms with E-state index in [1.807, 2.05) is 31.2 Å². The maximum atomic E-state index is 12.8. The molecule has 3 heterocycles. The van der Waals surface area contributed by atoms with Gasteiger partial charge in [-0.1, -0.05) is 18.2 Å². The number of aromatic nitrogens is 2. The van der Waals surface area contributed by atoms with Crippen LogP contribution in [0.15, 0.2) is 36.7 Å². The summed E-state index contributed by atoms with van der Waals surface area (Å²) in [5.41, 5.74) is 1.83. The number of rotatable bonds is 2. The number of fused-ring (bicyclic) bond motifs is 2. The maximum absolute atomic E-state index is 12.8. The van der Waals surface area contributed by atoms with Gasteiger partial charge in [0, 0.05) is 30.6 Å². The van der Waals surface area contributed by atoms with Crippen LogP contribution in [0.1, 0.15) is 21.7 Å². The molecule has 2 aromatic rings. The highest BCUT2D eigenvalue weighted by Crippen LogP contribution is 2.43. The van der Waals surface area contributed by atoms with Crippen molar-refractivity contribution in [2.24, 2.45) is 11.3 Å². The highest BCUT2D eigenvalue weighted by atomic mass is 16.5. The number of carbonyl (C=O) groups excluding carboxylic acids is 1. The Bertz CT molecular complexity index is 793. The molecule has 0 bridgehead atoms. The zero-order valence-electron chi connectivity index (χ0n) is 14.2. The van der Waals surface area contributed by atoms with Crippen molar-refractivity contribution in [3.63, 3.8) is 0 Å². The second-order valence-electron chi connectivity index (χ2n) is 7.04. The zero-order valence-corrected chi connectivity index (χ0v) is 14.2. The fourth-order valence-corrected chi connectivity index (χ4v) is 3.88. The monoisotopic (exact) mass is 339 g/mol. The van der Waals surface area contributed by atoms with E-state index in [2.05, 4.69) is 9.97 Å². The number of aliphatic hydroxyl groups is 1. The van der Waals surface area contributed by atoms with Gasteiger partial charge in [-0.15, -0.1) is 0 Å². The molecule has 4 rings (SSSR count). The minimum atomic E-state index is -0.375. The zero-order chi connectivity index (χ0) is 17.4. The van der Waals surface area contributed by atoms with Crippen molar-refractivity contribution in [1.29, 1.82) is 0 Å². The molecule has 2 aliphatic heterocycles. The Kier molecular flexibility index (Phi) is 3.92. The Morgan fingerprint density at radius 3 is 2.96 bits per heavy atom. The number of nitrogens with zero attached hydrogens (tertiary/aromatic N) is 3. The normalized spacial score (nSPS) is 24.9. The van der Waals surface area contributed by atoms with Crippen LogP contribution in [-0.2, 0) is 6.42 Å². The quantitative estimate of drug-likeness (QED) is 0.897. The van der Waals surface area contributed by atoms with E-state index in [-0.39, 0.29) is 23.8 Å². The molecule has 1 fully saturated rings. The topological polar surface area (TPSA) is 75.6 Å². The lowest BCUT2D eigenvalue weighted by Gasteiger charge is -2.30. The summed E-state index contributed by atoms with van der Waals surface area (Å²) >= 11 is 0. The van der Waals surface area contributed by atoms with Gasteiger partial charge in [0.15, 0.2) is 0 Å². The third-order valence-corrected chi connectivity index (χ3v) is 5.37. The SMILES string of the molecule is Cc1cnc(C(=O)N2CC3COc4ccccc4CC3(CO)C2)cn1. The van der Waals surface area contributed by atoms with Gasteiger partial charge in [0.05, 0.1) is 25.1 Å². The highest BCUT2D eigenvalue weighted by Gasteiger charge is 2.49. The number of hydrogen-bond donors (Lipinski definition) is 1. The molecule has 130 valence electrons. The number of carbonyl (C=O) groups is 1. The molecule has 2 unspecified atom stereocenters. The van der Waals surface area contributed by atoms with E-state index >= 15 is 0 Å². The predicted octanol–water partition coefficient (Wildman–Crippen LogP) is 1.47. The van der Waals surface area contributed by atoms with Crippen LogP contribution in [0.2, 0.25) is 0 Å². The fraction of sp³-hybridized carbons (Fsp3) is 0.421. The maximum Gasteiger partial charge on any atom is 0.274 e. The molecule has 1 aromatic carbocycles. The van der Waals surface area contributed by atoms with Crippen LogP contribution in [0.25, 0.3) is 0 Å². The van der Waals surface area contributed by atoms with Crippen LogP contribution >= 0.6 is 0 Å². The summed E-state index contributed by atoms with van der Waals surface area (Å²) < 4.78 is 5.96. The van der Waals surface area contributed by atoms with E-state index in [9.17, 15) is 9.90 Å². The van der Waals surface area contributed by atoms with Gasteiger partial charge < -0.3 is 14.7 Å². The first-order valence-corrected chi connectivity index (χ1v) is 8.51. The van der Waals surface area contributed by atoms with E-state index in [1.165, 1.54) is 6.20 Å². The molecular weight excluding hydrogens is 318 g/mol. The predicted molar refractivity (Wildman–Crippen MR) is 91.3 cm³/mol. The third-order valence-electron chi connectivity index (χ3n) is 5.37. The molecule has 25 heavy (non-hydrogen) atoms. The Hall–Kier alpha value is -2.47. The molecule has 1 N–H and O–H groups in total. The van der Waals surface area contributed by atoms with Gasteiger partial charge in [-0.2, -0.15) is 0 Å². The first-order chi connectivity index (χ1) is 12.1. The number of amides is 1. The molecule has 0 spiro atoms. The van der Waals surface area contributed by atoms with Gasteiger partial charge in [-0.05, 0) is 25.0 Å². The summed E-state index contributed by atoms with van der Waals surface area (Å²) in [4.78, 5) is 22.9. The second kappa shape index (κ2) is 6.11. The molecule has 2 aliphatic rings. The number of aryl methyl sites for hydroxylation is 1. The van der Waals surface area contributed by atoms with Crippen molar-refractivity contribution in [2.45, 2.75) is 13.3 Å². The van der Waals surface area contributed by atoms with E-state index in [1.54, 1.807) is 11.1 Å². The van der Waals surface area contributed by atoms with Gasteiger partial charge in [0.25, 0.3) is 5.91 Å². The Morgan fingerprint density at radius 1 is 1.36 bits per heavy atom. The van der Waals surface area contributed by atoms with E-state index in [0.717, 1.165) is 17.0 Å². The molecule has 6 nitrogen and oxygen atoms in total. The molecule has 2 atom stereocenters. The molecule has 0 radical (unpaired) electrons. The van der Waals surface area contributed by atoms with E-state index in [0.29, 0.717) is 31.8 Å². The number of benzene rings is 1. The fourth-order valence-electron chi connectivity index (χ4n) is 3.88. The van der Waals surface area contributed by atoms with Crippen LogP contribution in [0, 0.1) is 18.3 Å². The Morgan fingerprint density at radius 2 is 2.20 bits per heavy atom. The van der Waals surface area contributed by atoms with Crippen LogP contribution in [0.3, 0.4) is 0 Å². The minimum Gasteiger partial charge on any atom is -0.493 e. The summed E-state index contributed by atoms with van der Waals surface area (Å²) in [5, 5.41) is 10.2. The van der Waals surface area contributed by atoms with Crippen molar-refractivity contribution in [3.05, 3.63) is 53.6 Å². The third kappa shape index (κ3) is 2.76. The van der Waals surface area contributed by atoms with Crippen LogP contribution in [0.5, 0.6) is 5.75 Å². The number of ether oxygens (including phenoxy) is 1. The number of para-hydroxylation sites is 1. The smallest absolute Gasteiger partial charge is 0.274 e. The summed E-state index contributed by atoms with van der Waals surface area (Å²) in [6.45, 7) is 3.42. The Balaban J connectivity index is 1.60. The second-order valence-corrected chi connectivity index (χ2v) is 7.04. The summed E-state index contributed by atoms with van der Waals surface area (Å²) in [7, 11) is 0. The van der Waals surface area contributed by atoms with Crippen molar-refractivity contribution in [2.75, 3.05) is 26.3 Å². The lowest BCUT2D eigenvalue weighted by Crippen LogP contribution is -2.38. The molecule has 1 saturated heterocycles. The van der Waals surface area contributed by atoms with Gasteiger partial charge >= 0.3 is 0 Å². The van der Waals surface area contributed by atoms with Gasteiger partial charge in [-0.25, -0.2) is 4.98 Å². The van der Waals surface area contributed by atoms with Crippen LogP contribution in [-0.4, -0.2) is 52.2 Å². The first-order valence-electron chi connectivity index (χ1n) is 8.51. The van der Waals surface area contributed by atoms with Crippen LogP contribution < -0.4 is 4.74 Å². The molecule has 0 saturated carbocycles. The van der Waals surface area contributed by atoms with Crippen molar-refractivity contribution in [1.82, 2.24) is 14.9 Å². The largest absolute Gasteiger partial charge is 0.493 e. The van der Waals surface area contributed by atoms with Crippen molar-refractivity contribution < 1.29 is 14.6 Å². The number of hydrogen-bond acceptors (Lipinski definition) is 5. The van der Waals surface area contributed by atoms with Gasteiger partial charge in [-0.3, -0.25) is 9.78 Å². The van der Waals surface area contributed by atoms with Crippen LogP contribution in [0.4, 0.5) is 0 Å². The number of aliphatic hydroxyl groups excluding tert-OH is 1. The molecule has 1 amide bonds. The summed E-state index contributed by atoms with van der Waals surface area (Å²) in [5.74, 6) is 0.834. The highest BCUT2D eigenvalue weighted by molar-refractivity contribution is 5.92. The molecule has 6 heteroatoms. The van der Waals surface area contributed by atoms with Gasteiger partial charge in [0.1, 0.15) is 11.4 Å². The lowest BCUT2D eigenvalue weighted by molar-refractivity contribution is 0.0690. The molecular formula is C19H21N3O3. The van der Waals surface area contributed by atoms with E-state index < -0.39 is 0 Å². The number of likely N-dealkylation sites (tertiary alicyclic amines) is 1. The average molecular weight is 339 g/mol.